The molecule has 0 aliphatic rings. The minimum absolute atomic E-state index is 0.110. The zero-order valence-electron chi connectivity index (χ0n) is 10.9. The summed E-state index contributed by atoms with van der Waals surface area (Å²) in [5, 5.41) is 10.6. The van der Waals surface area contributed by atoms with Gasteiger partial charge in [-0.3, -0.25) is 10.1 Å². The van der Waals surface area contributed by atoms with E-state index in [4.69, 9.17) is 9.47 Å². The Labute approximate surface area is 106 Å². The monoisotopic (exact) mass is 254 g/mol. The Balaban J connectivity index is 2.62. The summed E-state index contributed by atoms with van der Waals surface area (Å²) in [4.78, 5) is 14.0. The number of nitro groups is 1. The second-order valence-corrected chi connectivity index (χ2v) is 4.34. The van der Waals surface area contributed by atoms with E-state index in [0.29, 0.717) is 18.4 Å². The van der Waals surface area contributed by atoms with Gasteiger partial charge in [-0.15, -0.1) is 0 Å². The Hall–Kier alpha value is -1.85. The van der Waals surface area contributed by atoms with Crippen molar-refractivity contribution in [2.45, 2.75) is 26.7 Å². The van der Waals surface area contributed by atoms with Crippen molar-refractivity contribution in [3.05, 3.63) is 22.4 Å². The van der Waals surface area contributed by atoms with Gasteiger partial charge in [-0.25, -0.2) is 4.98 Å². The van der Waals surface area contributed by atoms with E-state index in [1.165, 1.54) is 19.4 Å². The number of hydrogen-bond donors (Lipinski definition) is 0. The van der Waals surface area contributed by atoms with Gasteiger partial charge in [-0.05, 0) is 18.8 Å². The molecule has 6 nitrogen and oxygen atoms in total. The molecule has 0 spiro atoms. The molecule has 100 valence electrons. The number of ether oxygens (including phenoxy) is 2. The summed E-state index contributed by atoms with van der Waals surface area (Å²) in [5.41, 5.74) is -0.110. The van der Waals surface area contributed by atoms with E-state index in [1.54, 1.807) is 0 Å². The highest BCUT2D eigenvalue weighted by Gasteiger charge is 2.13. The van der Waals surface area contributed by atoms with Gasteiger partial charge in [0.1, 0.15) is 6.20 Å². The molecule has 18 heavy (non-hydrogen) atoms. The zero-order chi connectivity index (χ0) is 13.5. The molecule has 0 amide bonds. The average molecular weight is 254 g/mol. The molecule has 0 atom stereocenters. The number of methoxy groups -OCH3 is 1. The average Bonchev–Trinajstić information content (AvgIpc) is 2.34. The first kappa shape index (κ1) is 14.2. The van der Waals surface area contributed by atoms with Gasteiger partial charge in [-0.1, -0.05) is 13.8 Å². The smallest absolute Gasteiger partial charge is 0.291 e. The van der Waals surface area contributed by atoms with Gasteiger partial charge in [0.2, 0.25) is 0 Å². The molecule has 0 saturated carbocycles. The fraction of sp³-hybridized carbons (Fsp3) is 0.583. The lowest BCUT2D eigenvalue weighted by Gasteiger charge is -2.09. The summed E-state index contributed by atoms with van der Waals surface area (Å²) in [6.45, 7) is 4.81. The van der Waals surface area contributed by atoms with E-state index >= 15 is 0 Å². The maximum Gasteiger partial charge on any atom is 0.291 e. The van der Waals surface area contributed by atoms with Crippen molar-refractivity contribution < 1.29 is 14.4 Å². The maximum atomic E-state index is 10.6. The van der Waals surface area contributed by atoms with Crippen molar-refractivity contribution in [1.82, 2.24) is 4.98 Å². The number of aromatic nitrogens is 1. The normalized spacial score (nSPS) is 10.4. The summed E-state index contributed by atoms with van der Waals surface area (Å²) in [5.74, 6) is 1.21. The topological polar surface area (TPSA) is 74.5 Å². The van der Waals surface area contributed by atoms with Crippen LogP contribution in [0.2, 0.25) is 0 Å². The van der Waals surface area contributed by atoms with E-state index < -0.39 is 4.92 Å². The lowest BCUT2D eigenvalue weighted by atomic mass is 10.1. The second-order valence-electron chi connectivity index (χ2n) is 4.34. The maximum absolute atomic E-state index is 10.6. The summed E-state index contributed by atoms with van der Waals surface area (Å²) in [6.07, 6.45) is 3.15. The lowest BCUT2D eigenvalue weighted by molar-refractivity contribution is -0.385. The van der Waals surface area contributed by atoms with Crippen LogP contribution in [0, 0.1) is 16.0 Å². The van der Waals surface area contributed by atoms with E-state index in [2.05, 4.69) is 18.8 Å². The van der Waals surface area contributed by atoms with E-state index in [9.17, 15) is 10.1 Å². The Morgan fingerprint density at radius 1 is 1.50 bits per heavy atom. The largest absolute Gasteiger partial charge is 0.491 e. The van der Waals surface area contributed by atoms with Gasteiger partial charge in [0.25, 0.3) is 11.6 Å². The van der Waals surface area contributed by atoms with Crippen LogP contribution in [-0.4, -0.2) is 23.6 Å². The molecule has 1 rings (SSSR count). The van der Waals surface area contributed by atoms with Gasteiger partial charge < -0.3 is 9.47 Å². The van der Waals surface area contributed by atoms with Crippen LogP contribution < -0.4 is 9.47 Å². The first-order valence-corrected chi connectivity index (χ1v) is 5.85. The van der Waals surface area contributed by atoms with Crippen molar-refractivity contribution in [1.29, 1.82) is 0 Å². The first-order chi connectivity index (χ1) is 8.54. The van der Waals surface area contributed by atoms with Crippen molar-refractivity contribution in [2.75, 3.05) is 13.7 Å². The van der Waals surface area contributed by atoms with Crippen LogP contribution in [0.1, 0.15) is 26.7 Å². The fourth-order valence-corrected chi connectivity index (χ4v) is 1.44. The molecule has 0 aromatic carbocycles. The number of nitrogens with zero attached hydrogens (tertiary/aromatic N) is 2. The van der Waals surface area contributed by atoms with Crippen LogP contribution >= 0.6 is 0 Å². The number of rotatable bonds is 7. The molecule has 0 fully saturated rings. The molecular formula is C12H18N2O4. The van der Waals surface area contributed by atoms with Gasteiger partial charge in [0.15, 0.2) is 5.75 Å². The molecule has 0 bridgehead atoms. The minimum Gasteiger partial charge on any atom is -0.491 e. The molecule has 0 aliphatic carbocycles. The Morgan fingerprint density at radius 2 is 2.22 bits per heavy atom. The zero-order valence-corrected chi connectivity index (χ0v) is 10.9. The Morgan fingerprint density at radius 3 is 2.78 bits per heavy atom. The molecular weight excluding hydrogens is 236 g/mol. The molecule has 0 saturated heterocycles. The number of hydrogen-bond acceptors (Lipinski definition) is 5. The molecule has 1 aromatic rings. The Kier molecular flexibility index (Phi) is 5.35. The summed E-state index contributed by atoms with van der Waals surface area (Å²) < 4.78 is 10.5. The van der Waals surface area contributed by atoms with Crippen molar-refractivity contribution in [2.24, 2.45) is 5.92 Å². The molecule has 0 aliphatic heterocycles. The summed E-state index contributed by atoms with van der Waals surface area (Å²) >= 11 is 0. The molecule has 0 radical (unpaired) electrons. The van der Waals surface area contributed by atoms with E-state index in [0.717, 1.165) is 12.8 Å². The predicted molar refractivity (Wildman–Crippen MR) is 67.0 cm³/mol. The van der Waals surface area contributed by atoms with Crippen LogP contribution in [0.25, 0.3) is 0 Å². The van der Waals surface area contributed by atoms with Crippen molar-refractivity contribution in [3.63, 3.8) is 0 Å². The van der Waals surface area contributed by atoms with Crippen LogP contribution in [-0.2, 0) is 0 Å². The Bertz CT molecular complexity index is 407. The quantitative estimate of drug-likeness (QED) is 0.425. The fourth-order valence-electron chi connectivity index (χ4n) is 1.44. The third kappa shape index (κ3) is 4.20. The highest BCUT2D eigenvalue weighted by Crippen LogP contribution is 2.28. The van der Waals surface area contributed by atoms with Gasteiger partial charge in [0, 0.05) is 0 Å². The van der Waals surface area contributed by atoms with Gasteiger partial charge in [-0.2, -0.15) is 0 Å². The van der Waals surface area contributed by atoms with Crippen LogP contribution in [0.15, 0.2) is 12.3 Å². The SMILES string of the molecule is COc1cc([N+](=O)[O-])cnc1OCCCC(C)C. The van der Waals surface area contributed by atoms with Crippen LogP contribution in [0.3, 0.4) is 0 Å². The minimum atomic E-state index is -0.516. The molecule has 1 aromatic heterocycles. The number of pyridine rings is 1. The lowest BCUT2D eigenvalue weighted by Crippen LogP contribution is -2.03. The van der Waals surface area contributed by atoms with E-state index in [1.807, 2.05) is 0 Å². The van der Waals surface area contributed by atoms with Crippen LogP contribution in [0.5, 0.6) is 11.6 Å². The highest BCUT2D eigenvalue weighted by molar-refractivity contribution is 5.42. The standard InChI is InChI=1S/C12H18N2O4/c1-9(2)5-4-6-18-12-11(17-3)7-10(8-13-12)14(15)16/h7-9H,4-6H2,1-3H3. The van der Waals surface area contributed by atoms with Crippen molar-refractivity contribution in [3.8, 4) is 11.6 Å². The third-order valence-corrected chi connectivity index (χ3v) is 2.40. The molecule has 6 heteroatoms. The third-order valence-electron chi connectivity index (χ3n) is 2.40. The molecule has 0 N–H and O–H groups in total. The summed E-state index contributed by atoms with van der Waals surface area (Å²) in [6, 6.07) is 1.31. The molecule has 1 heterocycles. The van der Waals surface area contributed by atoms with Crippen LogP contribution in [0.4, 0.5) is 5.69 Å². The van der Waals surface area contributed by atoms with Crippen molar-refractivity contribution >= 4 is 5.69 Å². The van der Waals surface area contributed by atoms with Gasteiger partial charge in [0.05, 0.1) is 24.7 Å². The first-order valence-electron chi connectivity index (χ1n) is 5.85. The van der Waals surface area contributed by atoms with E-state index in [-0.39, 0.29) is 11.4 Å². The second kappa shape index (κ2) is 6.78. The summed E-state index contributed by atoms with van der Waals surface area (Å²) in [7, 11) is 1.43. The van der Waals surface area contributed by atoms with Gasteiger partial charge >= 0.3 is 0 Å². The predicted octanol–water partition coefficient (Wildman–Crippen LogP) is 2.81. The highest BCUT2D eigenvalue weighted by atomic mass is 16.6. The molecule has 0 unspecified atom stereocenters.